The van der Waals surface area contributed by atoms with E-state index in [0.717, 1.165) is 31.6 Å². The topological polar surface area (TPSA) is 24.5 Å². The van der Waals surface area contributed by atoms with Gasteiger partial charge in [-0.1, -0.05) is 25.1 Å². The van der Waals surface area contributed by atoms with Gasteiger partial charge in [-0.3, -0.25) is 4.90 Å². The van der Waals surface area contributed by atoms with E-state index < -0.39 is 6.61 Å². The monoisotopic (exact) mass is 270 g/mol. The lowest BCUT2D eigenvalue weighted by Crippen LogP contribution is -2.36. The van der Waals surface area contributed by atoms with Crippen LogP contribution in [0.4, 0.5) is 8.78 Å². The summed E-state index contributed by atoms with van der Waals surface area (Å²) in [6, 6.07) is 7.50. The molecule has 1 aliphatic heterocycles. The number of likely N-dealkylation sites (N-methyl/N-ethyl adjacent to an activating group) is 1. The minimum Gasteiger partial charge on any atom is -0.434 e. The first-order valence-electron chi connectivity index (χ1n) is 6.68. The van der Waals surface area contributed by atoms with E-state index in [1.165, 1.54) is 0 Å². The van der Waals surface area contributed by atoms with Gasteiger partial charge in [-0.25, -0.2) is 0 Å². The molecular weight excluding hydrogens is 250 g/mol. The molecule has 0 bridgehead atoms. The van der Waals surface area contributed by atoms with E-state index in [-0.39, 0.29) is 5.75 Å². The molecule has 1 aromatic carbocycles. The van der Waals surface area contributed by atoms with Gasteiger partial charge < -0.3 is 10.1 Å². The molecule has 3 nitrogen and oxygen atoms in total. The molecule has 1 saturated heterocycles. The molecule has 1 atom stereocenters. The highest BCUT2D eigenvalue weighted by molar-refractivity contribution is 5.33. The minimum atomic E-state index is -2.77. The molecule has 1 heterocycles. The summed E-state index contributed by atoms with van der Waals surface area (Å²) in [5.41, 5.74) is 0.816. The van der Waals surface area contributed by atoms with E-state index in [1.54, 1.807) is 12.1 Å². The summed E-state index contributed by atoms with van der Waals surface area (Å²) in [5, 5.41) is 3.33. The maximum Gasteiger partial charge on any atom is 0.387 e. The molecule has 1 aromatic rings. The minimum absolute atomic E-state index is 0.280. The van der Waals surface area contributed by atoms with Gasteiger partial charge in [0.05, 0.1) is 0 Å². The van der Waals surface area contributed by atoms with Crippen molar-refractivity contribution in [2.45, 2.75) is 32.5 Å². The van der Waals surface area contributed by atoms with E-state index in [4.69, 9.17) is 0 Å². The molecule has 2 rings (SSSR count). The Morgan fingerprint density at radius 2 is 2.21 bits per heavy atom. The number of hydrogen-bond donors (Lipinski definition) is 1. The number of ether oxygens (including phenoxy) is 1. The summed E-state index contributed by atoms with van der Waals surface area (Å²) < 4.78 is 29.3. The third-order valence-electron chi connectivity index (χ3n) is 3.52. The smallest absolute Gasteiger partial charge is 0.387 e. The number of rotatable bonds is 6. The van der Waals surface area contributed by atoms with E-state index in [0.29, 0.717) is 12.6 Å². The van der Waals surface area contributed by atoms with Crippen molar-refractivity contribution < 1.29 is 13.5 Å². The van der Waals surface area contributed by atoms with Crippen molar-refractivity contribution >= 4 is 0 Å². The van der Waals surface area contributed by atoms with Gasteiger partial charge in [-0.15, -0.1) is 0 Å². The van der Waals surface area contributed by atoms with Gasteiger partial charge in [0, 0.05) is 24.7 Å². The SMILES string of the molecule is CCN(Cc1ccccc1OC(F)F)C1CCNC1. The molecule has 0 aliphatic carbocycles. The zero-order valence-electron chi connectivity index (χ0n) is 11.1. The van der Waals surface area contributed by atoms with Gasteiger partial charge in [-0.05, 0) is 25.6 Å². The van der Waals surface area contributed by atoms with Crippen LogP contribution in [0.3, 0.4) is 0 Å². The predicted molar refractivity (Wildman–Crippen MR) is 70.4 cm³/mol. The number of nitrogens with zero attached hydrogens (tertiary/aromatic N) is 1. The molecule has 0 amide bonds. The summed E-state index contributed by atoms with van der Waals surface area (Å²) in [4.78, 5) is 2.30. The van der Waals surface area contributed by atoms with Crippen LogP contribution in [0.25, 0.3) is 0 Å². The Bertz CT molecular complexity index is 395. The van der Waals surface area contributed by atoms with E-state index in [2.05, 4.69) is 21.9 Å². The fourth-order valence-electron chi connectivity index (χ4n) is 2.51. The lowest BCUT2D eigenvalue weighted by molar-refractivity contribution is -0.0508. The molecule has 1 unspecified atom stereocenters. The fraction of sp³-hybridized carbons (Fsp3) is 0.571. The summed E-state index contributed by atoms with van der Waals surface area (Å²) in [6.07, 6.45) is 1.10. The molecular formula is C14H20F2N2O. The Morgan fingerprint density at radius 1 is 1.42 bits per heavy atom. The molecule has 1 fully saturated rings. The first-order valence-corrected chi connectivity index (χ1v) is 6.68. The summed E-state index contributed by atoms with van der Waals surface area (Å²) >= 11 is 0. The predicted octanol–water partition coefficient (Wildman–Crippen LogP) is 2.47. The van der Waals surface area contributed by atoms with Crippen molar-refractivity contribution in [3.63, 3.8) is 0 Å². The third-order valence-corrected chi connectivity index (χ3v) is 3.52. The molecule has 0 radical (unpaired) electrons. The number of alkyl halides is 2. The zero-order chi connectivity index (χ0) is 13.7. The van der Waals surface area contributed by atoms with Crippen LogP contribution in [0.1, 0.15) is 18.9 Å². The lowest BCUT2D eigenvalue weighted by Gasteiger charge is -2.27. The number of benzene rings is 1. The first kappa shape index (κ1) is 14.2. The molecule has 0 spiro atoms. The quantitative estimate of drug-likeness (QED) is 0.859. The molecule has 1 N–H and O–H groups in total. The van der Waals surface area contributed by atoms with Crippen LogP contribution in [-0.2, 0) is 6.54 Å². The van der Waals surface area contributed by atoms with Gasteiger partial charge in [0.1, 0.15) is 5.75 Å². The Kier molecular flexibility index (Phi) is 5.10. The third kappa shape index (κ3) is 3.88. The van der Waals surface area contributed by atoms with Gasteiger partial charge in [0.2, 0.25) is 0 Å². The number of para-hydroxylation sites is 1. The molecule has 19 heavy (non-hydrogen) atoms. The maximum absolute atomic E-state index is 12.4. The van der Waals surface area contributed by atoms with Crippen molar-refractivity contribution in [1.29, 1.82) is 0 Å². The van der Waals surface area contributed by atoms with Gasteiger partial charge in [0.25, 0.3) is 0 Å². The number of halogens is 2. The standard InChI is InChI=1S/C14H20F2N2O/c1-2-18(12-7-8-17-9-12)10-11-5-3-4-6-13(11)19-14(15)16/h3-6,12,14,17H,2,7-10H2,1H3. The number of hydrogen-bond acceptors (Lipinski definition) is 3. The van der Waals surface area contributed by atoms with Crippen molar-refractivity contribution in [1.82, 2.24) is 10.2 Å². The Morgan fingerprint density at radius 3 is 2.84 bits per heavy atom. The van der Waals surface area contributed by atoms with E-state index in [1.807, 2.05) is 12.1 Å². The van der Waals surface area contributed by atoms with E-state index in [9.17, 15) is 8.78 Å². The summed E-state index contributed by atoms with van der Waals surface area (Å²) in [7, 11) is 0. The van der Waals surface area contributed by atoms with Crippen LogP contribution in [-0.4, -0.2) is 37.2 Å². The van der Waals surface area contributed by atoms with Crippen LogP contribution >= 0.6 is 0 Å². The molecule has 5 heteroatoms. The van der Waals surface area contributed by atoms with Gasteiger partial charge >= 0.3 is 6.61 Å². The average molecular weight is 270 g/mol. The second-order valence-electron chi connectivity index (χ2n) is 4.70. The van der Waals surface area contributed by atoms with Crippen molar-refractivity contribution in [3.8, 4) is 5.75 Å². The molecule has 0 aromatic heterocycles. The summed E-state index contributed by atoms with van der Waals surface area (Å²) in [5.74, 6) is 0.280. The highest BCUT2D eigenvalue weighted by Crippen LogP contribution is 2.23. The molecule has 1 aliphatic rings. The highest BCUT2D eigenvalue weighted by Gasteiger charge is 2.22. The molecule has 106 valence electrons. The largest absolute Gasteiger partial charge is 0.434 e. The lowest BCUT2D eigenvalue weighted by atomic mass is 10.1. The highest BCUT2D eigenvalue weighted by atomic mass is 19.3. The Labute approximate surface area is 112 Å². The Hall–Kier alpha value is -1.20. The van der Waals surface area contributed by atoms with Crippen LogP contribution in [0.2, 0.25) is 0 Å². The normalized spacial score (nSPS) is 19.3. The van der Waals surface area contributed by atoms with Gasteiger partial charge in [0.15, 0.2) is 0 Å². The van der Waals surface area contributed by atoms with Crippen molar-refractivity contribution in [3.05, 3.63) is 29.8 Å². The van der Waals surface area contributed by atoms with Crippen molar-refractivity contribution in [2.75, 3.05) is 19.6 Å². The number of nitrogens with one attached hydrogen (secondary N) is 1. The van der Waals surface area contributed by atoms with Crippen LogP contribution in [0.5, 0.6) is 5.75 Å². The Balaban J connectivity index is 2.07. The zero-order valence-corrected chi connectivity index (χ0v) is 11.1. The second-order valence-corrected chi connectivity index (χ2v) is 4.70. The molecule has 0 saturated carbocycles. The average Bonchev–Trinajstić information content (AvgIpc) is 2.91. The van der Waals surface area contributed by atoms with Crippen LogP contribution in [0, 0.1) is 0 Å². The first-order chi connectivity index (χ1) is 9.20. The van der Waals surface area contributed by atoms with E-state index >= 15 is 0 Å². The fourth-order valence-corrected chi connectivity index (χ4v) is 2.51. The van der Waals surface area contributed by atoms with Crippen LogP contribution < -0.4 is 10.1 Å². The maximum atomic E-state index is 12.4. The summed E-state index contributed by atoms with van der Waals surface area (Å²) in [6.45, 7) is 2.85. The second kappa shape index (κ2) is 6.82. The van der Waals surface area contributed by atoms with Gasteiger partial charge in [-0.2, -0.15) is 8.78 Å². The van der Waals surface area contributed by atoms with Crippen LogP contribution in [0.15, 0.2) is 24.3 Å². The van der Waals surface area contributed by atoms with Crippen molar-refractivity contribution in [2.24, 2.45) is 0 Å².